The Morgan fingerprint density at radius 2 is 1.55 bits per heavy atom. The van der Waals surface area contributed by atoms with Crippen LogP contribution in [0, 0.1) is 0 Å². The van der Waals surface area contributed by atoms with E-state index in [1.54, 1.807) is 18.2 Å². The highest BCUT2D eigenvalue weighted by Crippen LogP contribution is 2.18. The van der Waals surface area contributed by atoms with Crippen LogP contribution in [0.15, 0.2) is 68.8 Å². The van der Waals surface area contributed by atoms with Gasteiger partial charge in [-0.1, -0.05) is 34.9 Å². The van der Waals surface area contributed by atoms with Gasteiger partial charge >= 0.3 is 6.01 Å². The lowest BCUT2D eigenvalue weighted by Gasteiger charge is -2.04. The first-order valence-electron chi connectivity index (χ1n) is 9.04. The standard InChI is InChI=1S/C19H18ClN3O6S2/c20-14-8-10-16(11-9-14)30(25,26)12-4-7-17(24)21-19-23-22-18(29-19)13-31(27,28)15-5-2-1-3-6-15/h1-3,5-6,8-11H,4,7,12-13H2,(H,21,23,24). The molecule has 0 aliphatic carbocycles. The molecule has 0 aliphatic rings. The van der Waals surface area contributed by atoms with Crippen LogP contribution in [0.4, 0.5) is 6.01 Å². The number of benzene rings is 2. The topological polar surface area (TPSA) is 136 Å². The highest BCUT2D eigenvalue weighted by Gasteiger charge is 2.20. The monoisotopic (exact) mass is 483 g/mol. The van der Waals surface area contributed by atoms with Crippen molar-refractivity contribution in [2.24, 2.45) is 0 Å². The number of halogens is 1. The van der Waals surface area contributed by atoms with Crippen LogP contribution in [0.1, 0.15) is 18.7 Å². The van der Waals surface area contributed by atoms with Gasteiger partial charge in [-0.3, -0.25) is 10.1 Å². The van der Waals surface area contributed by atoms with Gasteiger partial charge < -0.3 is 4.42 Å². The molecule has 31 heavy (non-hydrogen) atoms. The minimum atomic E-state index is -3.67. The molecule has 0 unspecified atom stereocenters. The van der Waals surface area contributed by atoms with Crippen LogP contribution >= 0.6 is 11.6 Å². The maximum Gasteiger partial charge on any atom is 0.322 e. The van der Waals surface area contributed by atoms with Gasteiger partial charge in [0.1, 0.15) is 5.75 Å². The summed E-state index contributed by atoms with van der Waals surface area (Å²) in [4.78, 5) is 12.3. The molecular weight excluding hydrogens is 466 g/mol. The molecule has 1 heterocycles. The van der Waals surface area contributed by atoms with E-state index in [4.69, 9.17) is 16.0 Å². The molecule has 0 atom stereocenters. The molecule has 3 rings (SSSR count). The maximum absolute atomic E-state index is 12.3. The number of carbonyl (C=O) groups excluding carboxylic acids is 1. The van der Waals surface area contributed by atoms with E-state index in [0.717, 1.165) is 0 Å². The molecule has 0 radical (unpaired) electrons. The number of carbonyl (C=O) groups is 1. The molecule has 9 nitrogen and oxygen atoms in total. The second kappa shape index (κ2) is 9.58. The van der Waals surface area contributed by atoms with Crippen LogP contribution in [0.5, 0.6) is 0 Å². The molecule has 1 aromatic heterocycles. The molecule has 2 aromatic carbocycles. The second-order valence-corrected chi connectivity index (χ2v) is 11.0. The lowest BCUT2D eigenvalue weighted by molar-refractivity contribution is -0.116. The fraction of sp³-hybridized carbons (Fsp3) is 0.211. The zero-order valence-corrected chi connectivity index (χ0v) is 18.5. The average Bonchev–Trinajstić information content (AvgIpc) is 3.14. The second-order valence-electron chi connectivity index (χ2n) is 6.50. The maximum atomic E-state index is 12.3. The number of nitrogens with one attached hydrogen (secondary N) is 1. The van der Waals surface area contributed by atoms with Gasteiger partial charge in [-0.15, -0.1) is 5.10 Å². The molecule has 0 bridgehead atoms. The molecule has 0 saturated heterocycles. The van der Waals surface area contributed by atoms with Crippen LogP contribution in [-0.4, -0.2) is 38.7 Å². The van der Waals surface area contributed by atoms with Gasteiger partial charge in [-0.05, 0) is 42.8 Å². The number of hydrogen-bond donors (Lipinski definition) is 1. The number of hydrogen-bond acceptors (Lipinski definition) is 8. The summed E-state index contributed by atoms with van der Waals surface area (Å²) in [6, 6.07) is 13.3. The minimum Gasteiger partial charge on any atom is -0.407 e. The van der Waals surface area contributed by atoms with E-state index in [2.05, 4.69) is 15.5 Å². The number of anilines is 1. The van der Waals surface area contributed by atoms with Gasteiger partial charge in [0.15, 0.2) is 19.7 Å². The Labute approximate surface area is 184 Å². The first-order valence-corrected chi connectivity index (χ1v) is 12.7. The summed E-state index contributed by atoms with van der Waals surface area (Å²) in [6.45, 7) is 0. The Kier molecular flexibility index (Phi) is 7.08. The zero-order chi connectivity index (χ0) is 22.5. The molecular formula is C19H18ClN3O6S2. The molecule has 0 aliphatic heterocycles. The first kappa shape index (κ1) is 22.9. The number of aromatic nitrogens is 2. The molecule has 1 N–H and O–H groups in total. The van der Waals surface area contributed by atoms with E-state index in [1.807, 2.05) is 0 Å². The summed E-state index contributed by atoms with van der Waals surface area (Å²) in [6.07, 6.45) is -0.0347. The predicted octanol–water partition coefficient (Wildman–Crippen LogP) is 2.89. The quantitative estimate of drug-likeness (QED) is 0.490. The van der Waals surface area contributed by atoms with Gasteiger partial charge in [0.05, 0.1) is 15.5 Å². The zero-order valence-electron chi connectivity index (χ0n) is 16.1. The van der Waals surface area contributed by atoms with Crippen molar-refractivity contribution in [3.63, 3.8) is 0 Å². The Bertz CT molecular complexity index is 1260. The van der Waals surface area contributed by atoms with Gasteiger partial charge in [0.25, 0.3) is 0 Å². The normalized spacial score (nSPS) is 11.9. The van der Waals surface area contributed by atoms with Crippen LogP contribution in [0.2, 0.25) is 5.02 Å². The van der Waals surface area contributed by atoms with Crippen molar-refractivity contribution in [3.8, 4) is 0 Å². The van der Waals surface area contributed by atoms with E-state index in [9.17, 15) is 21.6 Å². The Hall–Kier alpha value is -2.76. The van der Waals surface area contributed by atoms with Gasteiger partial charge in [-0.2, -0.15) is 0 Å². The summed E-state index contributed by atoms with van der Waals surface area (Å²) < 4.78 is 54.4. The molecule has 12 heteroatoms. The highest BCUT2D eigenvalue weighted by atomic mass is 35.5. The van der Waals surface area contributed by atoms with E-state index in [1.165, 1.54) is 36.4 Å². The fourth-order valence-electron chi connectivity index (χ4n) is 2.60. The molecule has 1 amide bonds. The summed E-state index contributed by atoms with van der Waals surface area (Å²) in [5.41, 5.74) is 0. The van der Waals surface area contributed by atoms with E-state index < -0.39 is 31.3 Å². The van der Waals surface area contributed by atoms with E-state index in [-0.39, 0.29) is 40.3 Å². The van der Waals surface area contributed by atoms with Gasteiger partial charge in [0.2, 0.25) is 11.8 Å². The van der Waals surface area contributed by atoms with Crippen LogP contribution in [0.3, 0.4) is 0 Å². The van der Waals surface area contributed by atoms with Crippen molar-refractivity contribution in [2.45, 2.75) is 28.4 Å². The Morgan fingerprint density at radius 1 is 0.903 bits per heavy atom. The summed E-state index contributed by atoms with van der Waals surface area (Å²) in [5.74, 6) is -1.46. The summed E-state index contributed by atoms with van der Waals surface area (Å²) in [7, 11) is -7.22. The number of rotatable bonds is 9. The first-order chi connectivity index (χ1) is 14.7. The van der Waals surface area contributed by atoms with Crippen LogP contribution < -0.4 is 5.32 Å². The average molecular weight is 484 g/mol. The lowest BCUT2D eigenvalue weighted by atomic mass is 10.3. The van der Waals surface area contributed by atoms with Crippen molar-refractivity contribution in [2.75, 3.05) is 11.1 Å². The summed E-state index contributed by atoms with van der Waals surface area (Å²) in [5, 5.41) is 9.99. The molecule has 164 valence electrons. The highest BCUT2D eigenvalue weighted by molar-refractivity contribution is 7.91. The van der Waals surface area contributed by atoms with Crippen LogP contribution in [-0.2, 0) is 30.2 Å². The third-order valence-corrected chi connectivity index (χ3v) is 7.80. The Balaban J connectivity index is 1.51. The number of sulfone groups is 2. The fourth-order valence-corrected chi connectivity index (χ4v) is 5.22. The third-order valence-electron chi connectivity index (χ3n) is 4.12. The van der Waals surface area contributed by atoms with Crippen molar-refractivity contribution >= 4 is 43.2 Å². The molecule has 0 saturated carbocycles. The smallest absolute Gasteiger partial charge is 0.322 e. The van der Waals surface area contributed by atoms with E-state index >= 15 is 0 Å². The largest absolute Gasteiger partial charge is 0.407 e. The third kappa shape index (κ3) is 6.36. The van der Waals surface area contributed by atoms with Crippen molar-refractivity contribution in [1.29, 1.82) is 0 Å². The number of amides is 1. The van der Waals surface area contributed by atoms with E-state index in [0.29, 0.717) is 5.02 Å². The SMILES string of the molecule is O=C(CCCS(=O)(=O)c1ccc(Cl)cc1)Nc1nnc(CS(=O)(=O)c2ccccc2)o1. The predicted molar refractivity (Wildman–Crippen MR) is 113 cm³/mol. The summed E-state index contributed by atoms with van der Waals surface area (Å²) >= 11 is 5.75. The van der Waals surface area contributed by atoms with Crippen molar-refractivity contribution in [1.82, 2.24) is 10.2 Å². The number of nitrogens with zero attached hydrogens (tertiary/aromatic N) is 2. The van der Waals surface area contributed by atoms with Crippen molar-refractivity contribution < 1.29 is 26.0 Å². The minimum absolute atomic E-state index is 0.0696. The van der Waals surface area contributed by atoms with Crippen LogP contribution in [0.25, 0.3) is 0 Å². The van der Waals surface area contributed by atoms with Gasteiger partial charge in [0, 0.05) is 11.4 Å². The molecule has 3 aromatic rings. The lowest BCUT2D eigenvalue weighted by Crippen LogP contribution is -2.14. The Morgan fingerprint density at radius 3 is 2.23 bits per heavy atom. The molecule has 0 fully saturated rings. The van der Waals surface area contributed by atoms with Gasteiger partial charge in [-0.25, -0.2) is 16.8 Å². The van der Waals surface area contributed by atoms with Crippen molar-refractivity contribution in [3.05, 3.63) is 65.5 Å². The molecule has 0 spiro atoms.